The molecule has 0 aliphatic carbocycles. The molecule has 0 aliphatic rings. The lowest BCUT2D eigenvalue weighted by atomic mass is 10.2. The number of hydrazone groups is 1. The Morgan fingerprint density at radius 2 is 2.00 bits per heavy atom. The van der Waals surface area contributed by atoms with Crippen molar-refractivity contribution in [2.45, 2.75) is 6.92 Å². The molecule has 118 valence electrons. The maximum absolute atomic E-state index is 5.57. The van der Waals surface area contributed by atoms with Crippen LogP contribution in [0.15, 0.2) is 50.4 Å². The van der Waals surface area contributed by atoms with Gasteiger partial charge in [0, 0.05) is 0 Å². The molecule has 2 aromatic carbocycles. The molecule has 0 unspecified atom stereocenters. The van der Waals surface area contributed by atoms with E-state index >= 15 is 0 Å². The van der Waals surface area contributed by atoms with Gasteiger partial charge in [0.1, 0.15) is 5.75 Å². The van der Waals surface area contributed by atoms with Gasteiger partial charge in [-0.05, 0) is 68.6 Å². The largest absolute Gasteiger partial charge is 0.492 e. The summed E-state index contributed by atoms with van der Waals surface area (Å²) < 4.78 is 8.47. The fraction of sp³-hybridized carbons (Fsp3) is 0.125. The van der Waals surface area contributed by atoms with Gasteiger partial charge in [-0.25, -0.2) is 4.98 Å². The van der Waals surface area contributed by atoms with Gasteiger partial charge in [0.25, 0.3) is 0 Å². The van der Waals surface area contributed by atoms with Gasteiger partial charge in [-0.15, -0.1) is 0 Å². The van der Waals surface area contributed by atoms with Gasteiger partial charge in [-0.1, -0.05) is 23.5 Å². The highest BCUT2D eigenvalue weighted by Crippen LogP contribution is 2.34. The average Bonchev–Trinajstić information content (AvgIpc) is 2.93. The number of anilines is 1. The van der Waals surface area contributed by atoms with E-state index in [1.807, 2.05) is 43.3 Å². The Labute approximate surface area is 154 Å². The van der Waals surface area contributed by atoms with Crippen molar-refractivity contribution in [2.75, 3.05) is 12.0 Å². The quantitative estimate of drug-likeness (QED) is 0.399. The molecular weight excluding hydrogens is 442 g/mol. The molecule has 1 aromatic heterocycles. The molecule has 0 saturated heterocycles. The minimum Gasteiger partial charge on any atom is -0.492 e. The SMILES string of the molecule is CCOc1c(Br)cc(/C=N\Nc2nc3ccccc3s2)cc1Br. The summed E-state index contributed by atoms with van der Waals surface area (Å²) in [5.41, 5.74) is 4.90. The van der Waals surface area contributed by atoms with E-state index in [2.05, 4.69) is 47.4 Å². The summed E-state index contributed by atoms with van der Waals surface area (Å²) in [6.07, 6.45) is 1.75. The summed E-state index contributed by atoms with van der Waals surface area (Å²) in [7, 11) is 0. The highest BCUT2D eigenvalue weighted by atomic mass is 79.9. The van der Waals surface area contributed by atoms with Crippen LogP contribution in [-0.4, -0.2) is 17.8 Å². The van der Waals surface area contributed by atoms with Gasteiger partial charge < -0.3 is 4.74 Å². The Hall–Kier alpha value is -1.44. The van der Waals surface area contributed by atoms with Gasteiger partial charge >= 0.3 is 0 Å². The van der Waals surface area contributed by atoms with E-state index in [-0.39, 0.29) is 0 Å². The van der Waals surface area contributed by atoms with Crippen LogP contribution in [-0.2, 0) is 0 Å². The topological polar surface area (TPSA) is 46.5 Å². The zero-order valence-electron chi connectivity index (χ0n) is 12.2. The van der Waals surface area contributed by atoms with Crippen LogP contribution in [0.5, 0.6) is 5.75 Å². The molecule has 0 amide bonds. The van der Waals surface area contributed by atoms with E-state index in [0.717, 1.165) is 35.6 Å². The molecule has 0 aliphatic heterocycles. The number of halogens is 2. The zero-order valence-corrected chi connectivity index (χ0v) is 16.2. The third-order valence-electron chi connectivity index (χ3n) is 2.98. The van der Waals surface area contributed by atoms with E-state index in [0.29, 0.717) is 6.61 Å². The Bertz CT molecular complexity index is 807. The number of hydrogen-bond acceptors (Lipinski definition) is 5. The Morgan fingerprint density at radius 3 is 2.70 bits per heavy atom. The van der Waals surface area contributed by atoms with Gasteiger partial charge in [0.05, 0.1) is 32.0 Å². The molecule has 0 fully saturated rings. The number of fused-ring (bicyclic) bond motifs is 1. The first-order valence-corrected chi connectivity index (χ1v) is 9.34. The lowest BCUT2D eigenvalue weighted by molar-refractivity contribution is 0.336. The van der Waals surface area contributed by atoms with Gasteiger partial charge in [0.15, 0.2) is 0 Å². The lowest BCUT2D eigenvalue weighted by Gasteiger charge is -2.09. The van der Waals surface area contributed by atoms with Crippen LogP contribution in [0.25, 0.3) is 10.2 Å². The first-order chi connectivity index (χ1) is 11.2. The van der Waals surface area contributed by atoms with Crippen molar-refractivity contribution in [1.82, 2.24) is 4.98 Å². The maximum Gasteiger partial charge on any atom is 0.204 e. The van der Waals surface area contributed by atoms with Crippen LogP contribution in [0.3, 0.4) is 0 Å². The summed E-state index contributed by atoms with van der Waals surface area (Å²) in [5, 5.41) is 5.03. The van der Waals surface area contributed by atoms with Crippen molar-refractivity contribution in [2.24, 2.45) is 5.10 Å². The predicted octanol–water partition coefficient (Wildman–Crippen LogP) is 5.67. The molecule has 23 heavy (non-hydrogen) atoms. The van der Waals surface area contributed by atoms with Crippen LogP contribution in [0.2, 0.25) is 0 Å². The van der Waals surface area contributed by atoms with Crippen molar-refractivity contribution in [3.05, 3.63) is 50.9 Å². The van der Waals surface area contributed by atoms with E-state index in [1.165, 1.54) is 0 Å². The van der Waals surface area contributed by atoms with Crippen molar-refractivity contribution < 1.29 is 4.74 Å². The second-order valence-electron chi connectivity index (χ2n) is 4.60. The Kier molecular flexibility index (Phi) is 5.30. The van der Waals surface area contributed by atoms with Crippen LogP contribution in [0, 0.1) is 0 Å². The second kappa shape index (κ2) is 7.42. The summed E-state index contributed by atoms with van der Waals surface area (Å²) in [5.74, 6) is 0.795. The minimum atomic E-state index is 0.615. The fourth-order valence-electron chi connectivity index (χ4n) is 2.02. The molecule has 0 spiro atoms. The molecular formula is C16H13Br2N3OS. The number of rotatable bonds is 5. The summed E-state index contributed by atoms with van der Waals surface area (Å²) in [6.45, 7) is 2.57. The smallest absolute Gasteiger partial charge is 0.204 e. The number of hydrogen-bond donors (Lipinski definition) is 1. The number of para-hydroxylation sites is 1. The van der Waals surface area contributed by atoms with Crippen molar-refractivity contribution in [3.8, 4) is 5.75 Å². The average molecular weight is 455 g/mol. The Morgan fingerprint density at radius 1 is 1.26 bits per heavy atom. The van der Waals surface area contributed by atoms with Crippen LogP contribution < -0.4 is 10.2 Å². The molecule has 0 atom stereocenters. The number of benzene rings is 2. The molecule has 0 saturated carbocycles. The standard InChI is InChI=1S/C16H13Br2N3OS/c1-2-22-15-11(17)7-10(8-12(15)18)9-19-21-16-20-13-5-3-4-6-14(13)23-16/h3-9H,2H2,1H3,(H,20,21)/b19-9-. The van der Waals surface area contributed by atoms with Gasteiger partial charge in [0.2, 0.25) is 5.13 Å². The highest BCUT2D eigenvalue weighted by molar-refractivity contribution is 9.11. The first-order valence-electron chi connectivity index (χ1n) is 6.94. The molecule has 3 aromatic rings. The summed E-state index contributed by atoms with van der Waals surface area (Å²) in [6, 6.07) is 11.9. The summed E-state index contributed by atoms with van der Waals surface area (Å²) in [4.78, 5) is 4.47. The lowest BCUT2D eigenvalue weighted by Crippen LogP contribution is -1.95. The zero-order chi connectivity index (χ0) is 16.2. The van der Waals surface area contributed by atoms with Gasteiger partial charge in [-0.3, -0.25) is 5.43 Å². The first kappa shape index (κ1) is 16.4. The van der Waals surface area contributed by atoms with E-state index in [9.17, 15) is 0 Å². The van der Waals surface area contributed by atoms with E-state index in [1.54, 1.807) is 17.6 Å². The summed E-state index contributed by atoms with van der Waals surface area (Å²) >= 11 is 8.60. The van der Waals surface area contributed by atoms with Crippen molar-refractivity contribution in [3.63, 3.8) is 0 Å². The monoisotopic (exact) mass is 453 g/mol. The molecule has 4 nitrogen and oxygen atoms in total. The van der Waals surface area contributed by atoms with E-state index in [4.69, 9.17) is 4.74 Å². The van der Waals surface area contributed by atoms with Crippen LogP contribution >= 0.6 is 43.2 Å². The van der Waals surface area contributed by atoms with Crippen molar-refractivity contribution in [1.29, 1.82) is 0 Å². The maximum atomic E-state index is 5.57. The molecule has 7 heteroatoms. The number of nitrogens with one attached hydrogen (secondary N) is 1. The highest BCUT2D eigenvalue weighted by Gasteiger charge is 2.07. The third kappa shape index (κ3) is 3.91. The predicted molar refractivity (Wildman–Crippen MR) is 104 cm³/mol. The van der Waals surface area contributed by atoms with Crippen molar-refractivity contribution >= 4 is 64.8 Å². The molecule has 1 heterocycles. The number of ether oxygens (including phenoxy) is 1. The molecule has 0 radical (unpaired) electrons. The third-order valence-corrected chi connectivity index (χ3v) is 5.10. The number of nitrogens with zero attached hydrogens (tertiary/aromatic N) is 2. The number of aromatic nitrogens is 1. The second-order valence-corrected chi connectivity index (χ2v) is 7.34. The van der Waals surface area contributed by atoms with Crippen LogP contribution in [0.4, 0.5) is 5.13 Å². The normalized spacial score (nSPS) is 11.3. The molecule has 3 rings (SSSR count). The fourth-order valence-corrected chi connectivity index (χ4v) is 4.28. The minimum absolute atomic E-state index is 0.615. The molecule has 0 bridgehead atoms. The Balaban J connectivity index is 1.75. The number of thiazole rings is 1. The molecule has 1 N–H and O–H groups in total. The van der Waals surface area contributed by atoms with E-state index < -0.39 is 0 Å². The van der Waals surface area contributed by atoms with Gasteiger partial charge in [-0.2, -0.15) is 5.10 Å². The van der Waals surface area contributed by atoms with Crippen LogP contribution in [0.1, 0.15) is 12.5 Å².